The van der Waals surface area contributed by atoms with E-state index in [1.807, 2.05) is 0 Å². The number of aromatic carboxylic acids is 1. The molecule has 0 spiro atoms. The van der Waals surface area contributed by atoms with E-state index in [2.05, 4.69) is 0 Å². The van der Waals surface area contributed by atoms with E-state index >= 15 is 0 Å². The van der Waals surface area contributed by atoms with Crippen LogP contribution in [0.5, 0.6) is 5.75 Å². The predicted molar refractivity (Wildman–Crippen MR) is 90.8 cm³/mol. The molecule has 0 fully saturated rings. The molecule has 0 amide bonds. The lowest BCUT2D eigenvalue weighted by molar-refractivity contribution is -0.146. The molecule has 4 N–H and O–H groups in total. The SMILES string of the molecule is O=C(O)C(O)Cc1ccc(O)cc1.O=C(O)c1ccccc1SC(F)(F)F. The van der Waals surface area contributed by atoms with E-state index in [4.69, 9.17) is 20.4 Å². The first-order chi connectivity index (χ1) is 12.5. The van der Waals surface area contributed by atoms with Gasteiger partial charge in [-0.1, -0.05) is 24.3 Å². The Bertz CT molecular complexity index is 777. The lowest BCUT2D eigenvalue weighted by Gasteiger charge is -2.07. The van der Waals surface area contributed by atoms with Crippen LogP contribution in [0.4, 0.5) is 13.2 Å². The number of hydrogen-bond donors (Lipinski definition) is 4. The lowest BCUT2D eigenvalue weighted by Crippen LogP contribution is -2.21. The second-order valence-corrected chi connectivity index (χ2v) is 6.18. The zero-order chi connectivity index (χ0) is 20.6. The zero-order valence-corrected chi connectivity index (χ0v) is 14.4. The van der Waals surface area contributed by atoms with Crippen LogP contribution >= 0.6 is 11.8 Å². The van der Waals surface area contributed by atoms with Gasteiger partial charge in [0.2, 0.25) is 0 Å². The minimum absolute atomic E-state index is 0.0512. The molecule has 0 aromatic heterocycles. The van der Waals surface area contributed by atoms with Crippen molar-refractivity contribution in [2.45, 2.75) is 22.9 Å². The second-order valence-electron chi connectivity index (χ2n) is 5.07. The molecular weight excluding hydrogens is 389 g/mol. The topological polar surface area (TPSA) is 115 Å². The number of aromatic hydroxyl groups is 1. The van der Waals surface area contributed by atoms with E-state index in [9.17, 15) is 22.8 Å². The fourth-order valence-corrected chi connectivity index (χ4v) is 2.46. The minimum Gasteiger partial charge on any atom is -0.508 e. The van der Waals surface area contributed by atoms with Gasteiger partial charge in [0.25, 0.3) is 0 Å². The number of aliphatic hydroxyl groups excluding tert-OH is 1. The molecule has 10 heteroatoms. The van der Waals surface area contributed by atoms with Crippen LogP contribution in [0.25, 0.3) is 0 Å². The highest BCUT2D eigenvalue weighted by Crippen LogP contribution is 2.38. The summed E-state index contributed by atoms with van der Waals surface area (Å²) in [4.78, 5) is 20.5. The molecule has 1 unspecified atom stereocenters. The predicted octanol–water partition coefficient (Wildman–Crippen LogP) is 3.38. The monoisotopic (exact) mass is 404 g/mol. The highest BCUT2D eigenvalue weighted by molar-refractivity contribution is 8.00. The fraction of sp³-hybridized carbons (Fsp3) is 0.176. The molecule has 2 aromatic carbocycles. The Balaban J connectivity index is 0.000000271. The number of benzene rings is 2. The van der Waals surface area contributed by atoms with E-state index in [1.165, 1.54) is 24.3 Å². The van der Waals surface area contributed by atoms with E-state index in [1.54, 1.807) is 12.1 Å². The van der Waals surface area contributed by atoms with Gasteiger partial charge < -0.3 is 20.4 Å². The summed E-state index contributed by atoms with van der Waals surface area (Å²) in [5, 5.41) is 34.9. The van der Waals surface area contributed by atoms with Gasteiger partial charge in [-0.25, -0.2) is 9.59 Å². The Morgan fingerprint density at radius 1 is 1.00 bits per heavy atom. The smallest absolute Gasteiger partial charge is 0.446 e. The molecule has 6 nitrogen and oxygen atoms in total. The van der Waals surface area contributed by atoms with Gasteiger partial charge in [0.05, 0.1) is 5.56 Å². The van der Waals surface area contributed by atoms with Crippen LogP contribution in [0, 0.1) is 0 Å². The summed E-state index contributed by atoms with van der Waals surface area (Å²) >= 11 is -0.425. The standard InChI is InChI=1S/C9H10O4.C8H5F3O2S/c10-7-3-1-6(2-4-7)5-8(11)9(12)13;9-8(10,11)14-6-4-2-1-3-5(6)7(12)13/h1-4,8,10-11H,5H2,(H,12,13);1-4H,(H,12,13). The van der Waals surface area contributed by atoms with Crippen LogP contribution in [-0.4, -0.2) is 44.0 Å². The minimum atomic E-state index is -4.47. The normalized spacial score (nSPS) is 11.9. The largest absolute Gasteiger partial charge is 0.508 e. The van der Waals surface area contributed by atoms with Crippen LogP contribution in [0.2, 0.25) is 0 Å². The zero-order valence-electron chi connectivity index (χ0n) is 13.6. The van der Waals surface area contributed by atoms with Crippen LogP contribution in [0.3, 0.4) is 0 Å². The van der Waals surface area contributed by atoms with Gasteiger partial charge in [-0.3, -0.25) is 0 Å². The maximum atomic E-state index is 12.0. The van der Waals surface area contributed by atoms with Crippen molar-refractivity contribution < 1.29 is 43.2 Å². The first-order valence-electron chi connectivity index (χ1n) is 7.26. The quantitative estimate of drug-likeness (QED) is 0.565. The Hall–Kier alpha value is -2.72. The third-order valence-corrected chi connectivity index (χ3v) is 3.80. The van der Waals surface area contributed by atoms with Crippen molar-refractivity contribution in [1.29, 1.82) is 0 Å². The van der Waals surface area contributed by atoms with Crippen molar-refractivity contribution in [2.75, 3.05) is 0 Å². The molecule has 0 aliphatic carbocycles. The number of rotatable bonds is 5. The fourth-order valence-electron chi connectivity index (χ4n) is 1.80. The van der Waals surface area contributed by atoms with Gasteiger partial charge in [0.15, 0.2) is 6.10 Å². The summed E-state index contributed by atoms with van der Waals surface area (Å²) in [6.45, 7) is 0. The van der Waals surface area contributed by atoms with Crippen molar-refractivity contribution in [1.82, 2.24) is 0 Å². The van der Waals surface area contributed by atoms with Gasteiger partial charge in [-0.15, -0.1) is 0 Å². The Morgan fingerprint density at radius 2 is 1.56 bits per heavy atom. The average Bonchev–Trinajstić information content (AvgIpc) is 2.56. The van der Waals surface area contributed by atoms with E-state index in [-0.39, 0.29) is 22.6 Å². The maximum absolute atomic E-state index is 12.0. The number of alkyl halides is 3. The number of carboxylic acids is 2. The van der Waals surface area contributed by atoms with Crippen LogP contribution in [0.15, 0.2) is 53.4 Å². The molecule has 27 heavy (non-hydrogen) atoms. The molecule has 2 aromatic rings. The van der Waals surface area contributed by atoms with E-state index in [0.717, 1.165) is 12.1 Å². The second kappa shape index (κ2) is 9.83. The molecule has 146 valence electrons. The van der Waals surface area contributed by atoms with Crippen LogP contribution < -0.4 is 0 Å². The molecule has 1 atom stereocenters. The van der Waals surface area contributed by atoms with E-state index < -0.39 is 35.3 Å². The molecule has 0 radical (unpaired) electrons. The number of carboxylic acid groups (broad SMARTS) is 2. The Morgan fingerprint density at radius 3 is 2.04 bits per heavy atom. The number of phenolic OH excluding ortho intramolecular Hbond substituents is 1. The molecular formula is C17H15F3O6S. The highest BCUT2D eigenvalue weighted by atomic mass is 32.2. The number of hydrogen-bond acceptors (Lipinski definition) is 5. The lowest BCUT2D eigenvalue weighted by atomic mass is 10.1. The summed E-state index contributed by atoms with van der Waals surface area (Å²) in [5.74, 6) is -2.49. The summed E-state index contributed by atoms with van der Waals surface area (Å²) in [6, 6.07) is 11.0. The van der Waals surface area contributed by atoms with Crippen molar-refractivity contribution in [3.05, 3.63) is 59.7 Å². The number of thioether (sulfide) groups is 1. The van der Waals surface area contributed by atoms with Crippen LogP contribution in [0.1, 0.15) is 15.9 Å². The first kappa shape index (κ1) is 22.3. The average molecular weight is 404 g/mol. The van der Waals surface area contributed by atoms with Gasteiger partial charge in [-0.2, -0.15) is 13.2 Å². The van der Waals surface area contributed by atoms with Crippen molar-refractivity contribution in [3.63, 3.8) is 0 Å². The van der Waals surface area contributed by atoms with Gasteiger partial charge in [-0.05, 0) is 41.6 Å². The summed E-state index contributed by atoms with van der Waals surface area (Å²) in [5.41, 5.74) is -4.13. The van der Waals surface area contributed by atoms with Crippen molar-refractivity contribution >= 4 is 23.7 Å². The Kier molecular flexibility index (Phi) is 8.13. The summed E-state index contributed by atoms with van der Waals surface area (Å²) in [6.07, 6.45) is -1.33. The molecule has 0 heterocycles. The van der Waals surface area contributed by atoms with Crippen molar-refractivity contribution in [3.8, 4) is 5.75 Å². The van der Waals surface area contributed by atoms with Crippen molar-refractivity contribution in [2.24, 2.45) is 0 Å². The molecule has 0 saturated carbocycles. The first-order valence-corrected chi connectivity index (χ1v) is 8.08. The van der Waals surface area contributed by atoms with E-state index in [0.29, 0.717) is 5.56 Å². The molecule has 0 aliphatic rings. The number of aliphatic hydroxyl groups is 1. The van der Waals surface area contributed by atoms with Gasteiger partial charge >= 0.3 is 17.4 Å². The maximum Gasteiger partial charge on any atom is 0.446 e. The van der Waals surface area contributed by atoms with Gasteiger partial charge in [0, 0.05) is 11.3 Å². The third-order valence-electron chi connectivity index (χ3n) is 2.99. The summed E-state index contributed by atoms with van der Waals surface area (Å²) in [7, 11) is 0. The number of phenols is 1. The highest BCUT2D eigenvalue weighted by Gasteiger charge is 2.31. The number of carbonyl (C=O) groups is 2. The third kappa shape index (κ3) is 8.47. The molecule has 2 rings (SSSR count). The summed E-state index contributed by atoms with van der Waals surface area (Å²) < 4.78 is 35.9. The van der Waals surface area contributed by atoms with Crippen LogP contribution in [-0.2, 0) is 11.2 Å². The molecule has 0 bridgehead atoms. The molecule has 0 aliphatic heterocycles. The number of aliphatic carboxylic acids is 1. The number of halogens is 3. The Labute approximate surface area is 155 Å². The van der Waals surface area contributed by atoms with Gasteiger partial charge in [0.1, 0.15) is 5.75 Å². The molecule has 0 saturated heterocycles.